The lowest BCUT2D eigenvalue weighted by Crippen LogP contribution is -2.45. The van der Waals surface area contributed by atoms with E-state index >= 15 is 0 Å². The number of halogens is 1. The van der Waals surface area contributed by atoms with E-state index in [0.717, 1.165) is 22.5 Å². The van der Waals surface area contributed by atoms with Crippen LogP contribution in [0.3, 0.4) is 0 Å². The number of nitrogens with one attached hydrogen (secondary N) is 1. The second-order valence-electron chi connectivity index (χ2n) is 7.01. The molecule has 0 radical (unpaired) electrons. The van der Waals surface area contributed by atoms with Crippen molar-refractivity contribution in [3.05, 3.63) is 66.0 Å². The van der Waals surface area contributed by atoms with Crippen molar-refractivity contribution in [3.8, 4) is 5.00 Å². The minimum Gasteiger partial charge on any atom is -0.480 e. The molecule has 10 heteroatoms. The van der Waals surface area contributed by atoms with Crippen LogP contribution in [0.25, 0.3) is 5.00 Å². The lowest BCUT2D eigenvalue weighted by molar-refractivity contribution is -0.140. The van der Waals surface area contributed by atoms with Crippen LogP contribution < -0.4 is 4.72 Å². The standard InChI is InChI=1S/C19H19N3O4S2.ClH/c1-12-10-20-22(11-12)15-8-9-16(27-15)28(25,26)21-19(18(23)24)13(2)17(19)14-6-4-3-5-7-14;/h3-11,13,17,21H,1-2H3,(H,23,24);1H/t13?,17-,19+;/m1./s1. The minimum absolute atomic E-state index is 0. The SMILES string of the molecule is Cc1cnn(-c2ccc(S(=O)(=O)N[C@@]3(C(=O)O)C(C)[C@@H]3c3ccccc3)s2)c1.Cl. The Kier molecular flexibility index (Phi) is 5.61. The Balaban J connectivity index is 0.00000240. The topological polar surface area (TPSA) is 101 Å². The molecule has 0 bridgehead atoms. The van der Waals surface area contributed by atoms with Crippen molar-refractivity contribution in [3.63, 3.8) is 0 Å². The number of hydrogen-bond acceptors (Lipinski definition) is 5. The van der Waals surface area contributed by atoms with E-state index in [9.17, 15) is 18.3 Å². The molecule has 154 valence electrons. The number of carbonyl (C=O) groups is 1. The van der Waals surface area contributed by atoms with Crippen molar-refractivity contribution < 1.29 is 18.3 Å². The Morgan fingerprint density at radius 1 is 1.24 bits per heavy atom. The van der Waals surface area contributed by atoms with E-state index in [1.165, 1.54) is 6.07 Å². The Hall–Kier alpha value is -2.20. The average Bonchev–Trinajstić information content (AvgIpc) is 3.06. The summed E-state index contributed by atoms with van der Waals surface area (Å²) in [4.78, 5) is 12.1. The van der Waals surface area contributed by atoms with Crippen LogP contribution in [0.2, 0.25) is 0 Å². The van der Waals surface area contributed by atoms with Crippen molar-refractivity contribution in [1.29, 1.82) is 0 Å². The first kappa shape index (κ1) is 21.5. The number of carboxylic acid groups (broad SMARTS) is 1. The Labute approximate surface area is 178 Å². The quantitative estimate of drug-likeness (QED) is 0.596. The van der Waals surface area contributed by atoms with Crippen molar-refractivity contribution in [2.75, 3.05) is 0 Å². The first-order valence-electron chi connectivity index (χ1n) is 8.69. The number of sulfonamides is 1. The van der Waals surface area contributed by atoms with Crippen molar-refractivity contribution in [1.82, 2.24) is 14.5 Å². The number of nitrogens with zero attached hydrogens (tertiary/aromatic N) is 2. The highest BCUT2D eigenvalue weighted by Crippen LogP contribution is 2.58. The van der Waals surface area contributed by atoms with Gasteiger partial charge < -0.3 is 5.11 Å². The molecule has 7 nitrogen and oxygen atoms in total. The van der Waals surface area contributed by atoms with Crippen LogP contribution in [0, 0.1) is 12.8 Å². The van der Waals surface area contributed by atoms with Gasteiger partial charge in [0.2, 0.25) is 0 Å². The molecule has 1 unspecified atom stereocenters. The highest BCUT2D eigenvalue weighted by Gasteiger charge is 2.70. The molecule has 0 amide bonds. The van der Waals surface area contributed by atoms with E-state index in [2.05, 4.69) is 9.82 Å². The molecule has 3 aromatic rings. The summed E-state index contributed by atoms with van der Waals surface area (Å²) in [5.74, 6) is -1.96. The average molecular weight is 454 g/mol. The first-order chi connectivity index (χ1) is 13.3. The third kappa shape index (κ3) is 3.59. The second-order valence-corrected chi connectivity index (χ2v) is 9.98. The molecule has 0 spiro atoms. The molecule has 2 aromatic heterocycles. The van der Waals surface area contributed by atoms with Crippen molar-refractivity contribution >= 4 is 39.7 Å². The largest absolute Gasteiger partial charge is 0.480 e. The first-order valence-corrected chi connectivity index (χ1v) is 11.0. The smallest absolute Gasteiger partial charge is 0.325 e. The van der Waals surface area contributed by atoms with Gasteiger partial charge in [-0.3, -0.25) is 4.79 Å². The van der Waals surface area contributed by atoms with E-state index in [-0.39, 0.29) is 22.5 Å². The maximum absolute atomic E-state index is 13.0. The normalized spacial score (nSPS) is 23.4. The lowest BCUT2D eigenvalue weighted by atomic mass is 10.1. The van der Waals surface area contributed by atoms with Gasteiger partial charge in [0.25, 0.3) is 10.0 Å². The summed E-state index contributed by atoms with van der Waals surface area (Å²) in [6.45, 7) is 3.64. The van der Waals surface area contributed by atoms with Crippen molar-refractivity contribution in [2.24, 2.45) is 5.92 Å². The fraction of sp³-hybridized carbons (Fsp3) is 0.263. The van der Waals surface area contributed by atoms with Crippen LogP contribution >= 0.6 is 23.7 Å². The van der Waals surface area contributed by atoms with Crippen LogP contribution in [-0.2, 0) is 14.8 Å². The summed E-state index contributed by atoms with van der Waals surface area (Å²) in [5, 5.41) is 14.7. The molecule has 0 aliphatic heterocycles. The number of aliphatic carboxylic acids is 1. The van der Waals surface area contributed by atoms with Crippen LogP contribution in [0.15, 0.2) is 59.1 Å². The van der Waals surface area contributed by atoms with Gasteiger partial charge in [-0.05, 0) is 36.1 Å². The number of aryl methyl sites for hydroxylation is 1. The van der Waals surface area contributed by atoms with Crippen molar-refractivity contribution in [2.45, 2.75) is 29.5 Å². The minimum atomic E-state index is -4.01. The Morgan fingerprint density at radius 2 is 1.93 bits per heavy atom. The molecule has 4 rings (SSSR count). The van der Waals surface area contributed by atoms with Gasteiger partial charge in [0, 0.05) is 12.1 Å². The Bertz CT molecular complexity index is 1140. The predicted molar refractivity (Wildman–Crippen MR) is 112 cm³/mol. The number of rotatable bonds is 6. The number of thiophene rings is 1. The van der Waals surface area contributed by atoms with Gasteiger partial charge in [-0.15, -0.1) is 23.7 Å². The second kappa shape index (κ2) is 7.56. The lowest BCUT2D eigenvalue weighted by Gasteiger charge is -2.15. The summed E-state index contributed by atoms with van der Waals surface area (Å²) in [6.07, 6.45) is 3.48. The van der Waals surface area contributed by atoms with E-state index < -0.39 is 27.4 Å². The zero-order valence-corrected chi connectivity index (χ0v) is 18.1. The molecule has 1 saturated carbocycles. The van der Waals surface area contributed by atoms with Gasteiger partial charge in [0.15, 0.2) is 0 Å². The van der Waals surface area contributed by atoms with Gasteiger partial charge in [0.1, 0.15) is 14.7 Å². The maximum Gasteiger partial charge on any atom is 0.325 e. The molecule has 29 heavy (non-hydrogen) atoms. The Morgan fingerprint density at radius 3 is 2.52 bits per heavy atom. The van der Waals surface area contributed by atoms with Gasteiger partial charge in [-0.25, -0.2) is 13.1 Å². The van der Waals surface area contributed by atoms with Crippen LogP contribution in [0.5, 0.6) is 0 Å². The summed E-state index contributed by atoms with van der Waals surface area (Å²) in [7, 11) is -4.01. The summed E-state index contributed by atoms with van der Waals surface area (Å²) < 4.78 is 30.1. The van der Waals surface area contributed by atoms with E-state index in [1.807, 2.05) is 37.3 Å². The number of carboxylic acids is 1. The molecule has 1 aromatic carbocycles. The van der Waals surface area contributed by atoms with Gasteiger partial charge >= 0.3 is 5.97 Å². The zero-order chi connectivity index (χ0) is 20.1. The van der Waals surface area contributed by atoms with Gasteiger partial charge in [-0.1, -0.05) is 37.3 Å². The van der Waals surface area contributed by atoms with E-state index in [0.29, 0.717) is 5.00 Å². The molecule has 1 fully saturated rings. The molecule has 3 atom stereocenters. The zero-order valence-electron chi connectivity index (χ0n) is 15.6. The molecule has 2 heterocycles. The molecule has 2 N–H and O–H groups in total. The number of hydrogen-bond donors (Lipinski definition) is 2. The highest BCUT2D eigenvalue weighted by molar-refractivity contribution is 7.91. The third-order valence-electron chi connectivity index (χ3n) is 5.19. The van der Waals surface area contributed by atoms with Crippen LogP contribution in [-0.4, -0.2) is 34.8 Å². The summed E-state index contributed by atoms with van der Waals surface area (Å²) in [5.41, 5.74) is 0.212. The van der Waals surface area contributed by atoms with Crippen LogP contribution in [0.1, 0.15) is 24.0 Å². The molecular formula is C19H20ClN3O4S2. The monoisotopic (exact) mass is 453 g/mol. The predicted octanol–water partition coefficient (Wildman–Crippen LogP) is 3.20. The third-order valence-corrected chi connectivity index (χ3v) is 8.24. The molecule has 1 aliphatic rings. The van der Waals surface area contributed by atoms with Gasteiger partial charge in [0.05, 0.1) is 6.20 Å². The highest BCUT2D eigenvalue weighted by atomic mass is 35.5. The fourth-order valence-corrected chi connectivity index (χ4v) is 6.37. The summed E-state index contributed by atoms with van der Waals surface area (Å²) >= 11 is 1.04. The van der Waals surface area contributed by atoms with E-state index in [1.54, 1.807) is 30.1 Å². The molecular weight excluding hydrogens is 434 g/mol. The van der Waals surface area contributed by atoms with Gasteiger partial charge in [-0.2, -0.15) is 9.82 Å². The number of aromatic nitrogens is 2. The molecule has 1 aliphatic carbocycles. The molecule has 0 saturated heterocycles. The van der Waals surface area contributed by atoms with E-state index in [4.69, 9.17) is 0 Å². The fourth-order valence-electron chi connectivity index (χ4n) is 3.68. The maximum atomic E-state index is 13.0. The van der Waals surface area contributed by atoms with Crippen LogP contribution in [0.4, 0.5) is 0 Å². The number of benzene rings is 1. The summed E-state index contributed by atoms with van der Waals surface area (Å²) in [6, 6.07) is 12.3.